The molecule has 0 saturated heterocycles. The summed E-state index contributed by atoms with van der Waals surface area (Å²) >= 11 is 0. The zero-order valence-corrected chi connectivity index (χ0v) is 20.8. The van der Waals surface area contributed by atoms with Gasteiger partial charge in [-0.2, -0.15) is 0 Å². The molecule has 2 N–H and O–H groups in total. The van der Waals surface area contributed by atoms with Crippen LogP contribution in [-0.2, 0) is 4.74 Å². The van der Waals surface area contributed by atoms with Crippen molar-refractivity contribution in [2.24, 2.45) is 10.4 Å². The van der Waals surface area contributed by atoms with Gasteiger partial charge in [-0.1, -0.05) is 12.8 Å². The van der Waals surface area contributed by atoms with Crippen LogP contribution in [-0.4, -0.2) is 63.3 Å². The third-order valence-electron chi connectivity index (χ3n) is 5.67. The third kappa shape index (κ3) is 11.5. The van der Waals surface area contributed by atoms with Crippen LogP contribution in [0, 0.1) is 5.41 Å². The monoisotopic (exact) mass is 496 g/mol. The number of ether oxygens (including phenoxy) is 1. The smallest absolute Gasteiger partial charge is 0.191 e. The van der Waals surface area contributed by atoms with E-state index >= 15 is 0 Å². The third-order valence-corrected chi connectivity index (χ3v) is 5.67. The number of guanidine groups is 1. The molecule has 27 heavy (non-hydrogen) atoms. The summed E-state index contributed by atoms with van der Waals surface area (Å²) in [4.78, 5) is 7.34. The first-order valence-electron chi connectivity index (χ1n) is 10.8. The topological polar surface area (TPSA) is 48.9 Å². The van der Waals surface area contributed by atoms with Gasteiger partial charge in [0.1, 0.15) is 0 Å². The van der Waals surface area contributed by atoms with Crippen molar-refractivity contribution in [3.8, 4) is 0 Å². The Hall–Kier alpha value is -0.0800. The second-order valence-electron chi connectivity index (χ2n) is 8.06. The van der Waals surface area contributed by atoms with Gasteiger partial charge in [-0.3, -0.25) is 4.99 Å². The molecule has 0 amide bonds. The largest absolute Gasteiger partial charge is 0.382 e. The van der Waals surface area contributed by atoms with E-state index in [1.54, 1.807) is 0 Å². The van der Waals surface area contributed by atoms with Crippen LogP contribution < -0.4 is 10.6 Å². The number of unbranched alkanes of at least 4 members (excludes halogenated alkanes) is 1. The lowest BCUT2D eigenvalue weighted by Gasteiger charge is -2.27. The molecule has 0 unspecified atom stereocenters. The molecule has 6 heteroatoms. The standard InChI is InChI=1S/C21H44N4O.HI/c1-6-22-20(23-15-10-11-16-25(5)19(3)4)24-18-21(12-8-9-13-21)14-17-26-7-2;/h19H,6-18H2,1-5H3,(H2,22,23,24);1H. The first-order valence-corrected chi connectivity index (χ1v) is 10.8. The summed E-state index contributed by atoms with van der Waals surface area (Å²) in [6.07, 6.45) is 8.82. The average molecular weight is 497 g/mol. The van der Waals surface area contributed by atoms with Crippen LogP contribution in [0.25, 0.3) is 0 Å². The van der Waals surface area contributed by atoms with E-state index in [0.29, 0.717) is 11.5 Å². The van der Waals surface area contributed by atoms with Crippen molar-refractivity contribution >= 4 is 29.9 Å². The Balaban J connectivity index is 0.00000676. The van der Waals surface area contributed by atoms with Gasteiger partial charge in [0.05, 0.1) is 0 Å². The van der Waals surface area contributed by atoms with Gasteiger partial charge in [0.15, 0.2) is 5.96 Å². The minimum Gasteiger partial charge on any atom is -0.382 e. The number of nitrogens with one attached hydrogen (secondary N) is 2. The van der Waals surface area contributed by atoms with Crippen LogP contribution in [0.3, 0.4) is 0 Å². The zero-order chi connectivity index (χ0) is 19.3. The van der Waals surface area contributed by atoms with Gasteiger partial charge < -0.3 is 20.3 Å². The molecule has 0 aliphatic heterocycles. The fraction of sp³-hybridized carbons (Fsp3) is 0.952. The van der Waals surface area contributed by atoms with Crippen molar-refractivity contribution in [2.45, 2.75) is 78.7 Å². The summed E-state index contributed by atoms with van der Waals surface area (Å²) in [6.45, 7) is 14.4. The molecule has 0 aromatic heterocycles. The molecule has 0 heterocycles. The molecule has 0 aromatic rings. The molecule has 162 valence electrons. The number of aliphatic imine (C=N–C) groups is 1. The second-order valence-corrected chi connectivity index (χ2v) is 8.06. The van der Waals surface area contributed by atoms with E-state index in [0.717, 1.165) is 51.8 Å². The van der Waals surface area contributed by atoms with Gasteiger partial charge >= 0.3 is 0 Å². The van der Waals surface area contributed by atoms with Crippen molar-refractivity contribution in [1.29, 1.82) is 0 Å². The lowest BCUT2D eigenvalue weighted by Crippen LogP contribution is -2.39. The molecule has 1 saturated carbocycles. The quantitative estimate of drug-likeness (QED) is 0.173. The van der Waals surface area contributed by atoms with Crippen LogP contribution in [0.5, 0.6) is 0 Å². The number of nitrogens with zero attached hydrogens (tertiary/aromatic N) is 2. The van der Waals surface area contributed by atoms with Gasteiger partial charge in [0.2, 0.25) is 0 Å². The van der Waals surface area contributed by atoms with E-state index in [9.17, 15) is 0 Å². The maximum Gasteiger partial charge on any atom is 0.191 e. The lowest BCUT2D eigenvalue weighted by molar-refractivity contribution is 0.107. The summed E-state index contributed by atoms with van der Waals surface area (Å²) in [5.74, 6) is 0.979. The molecule has 0 bridgehead atoms. The summed E-state index contributed by atoms with van der Waals surface area (Å²) in [7, 11) is 2.20. The van der Waals surface area contributed by atoms with Crippen LogP contribution in [0.1, 0.15) is 72.6 Å². The van der Waals surface area contributed by atoms with E-state index < -0.39 is 0 Å². The van der Waals surface area contributed by atoms with E-state index in [-0.39, 0.29) is 24.0 Å². The Morgan fingerprint density at radius 1 is 1.15 bits per heavy atom. The van der Waals surface area contributed by atoms with Gasteiger partial charge in [0.25, 0.3) is 0 Å². The Morgan fingerprint density at radius 2 is 1.85 bits per heavy atom. The normalized spacial score (nSPS) is 16.6. The second kappa shape index (κ2) is 15.8. The number of halogens is 1. The summed E-state index contributed by atoms with van der Waals surface area (Å²) in [6, 6.07) is 0.626. The van der Waals surface area contributed by atoms with E-state index in [1.807, 2.05) is 0 Å². The Morgan fingerprint density at radius 3 is 2.44 bits per heavy atom. The minimum atomic E-state index is 0. The maximum absolute atomic E-state index is 5.62. The van der Waals surface area contributed by atoms with Crippen LogP contribution >= 0.6 is 24.0 Å². The minimum absolute atomic E-state index is 0. The van der Waals surface area contributed by atoms with Crippen molar-refractivity contribution in [3.63, 3.8) is 0 Å². The molecule has 0 aromatic carbocycles. The fourth-order valence-corrected chi connectivity index (χ4v) is 3.58. The molecule has 0 spiro atoms. The molecule has 1 aliphatic rings. The van der Waals surface area contributed by atoms with Crippen LogP contribution in [0.15, 0.2) is 4.99 Å². The predicted molar refractivity (Wildman–Crippen MR) is 128 cm³/mol. The Labute approximate surface area is 185 Å². The van der Waals surface area contributed by atoms with Crippen molar-refractivity contribution in [1.82, 2.24) is 15.5 Å². The summed E-state index contributed by atoms with van der Waals surface area (Å²) in [5, 5.41) is 6.93. The zero-order valence-electron chi connectivity index (χ0n) is 18.5. The summed E-state index contributed by atoms with van der Waals surface area (Å²) < 4.78 is 5.62. The average Bonchev–Trinajstić information content (AvgIpc) is 3.08. The number of hydrogen-bond donors (Lipinski definition) is 2. The van der Waals surface area contributed by atoms with Gasteiger partial charge in [-0.15, -0.1) is 24.0 Å². The van der Waals surface area contributed by atoms with E-state index in [4.69, 9.17) is 9.73 Å². The molecule has 0 atom stereocenters. The highest BCUT2D eigenvalue weighted by atomic mass is 127. The lowest BCUT2D eigenvalue weighted by atomic mass is 9.83. The molecule has 1 aliphatic carbocycles. The predicted octanol–water partition coefficient (Wildman–Crippen LogP) is 4.27. The molecular formula is C21H45IN4O. The van der Waals surface area contributed by atoms with Gasteiger partial charge in [-0.25, -0.2) is 0 Å². The van der Waals surface area contributed by atoms with E-state index in [1.165, 1.54) is 38.5 Å². The molecular weight excluding hydrogens is 451 g/mol. The Kier molecular flexibility index (Phi) is 15.8. The van der Waals surface area contributed by atoms with Crippen molar-refractivity contribution in [3.05, 3.63) is 0 Å². The van der Waals surface area contributed by atoms with Crippen molar-refractivity contribution < 1.29 is 4.74 Å². The highest BCUT2D eigenvalue weighted by Gasteiger charge is 2.33. The van der Waals surface area contributed by atoms with E-state index in [2.05, 4.69) is 50.3 Å². The summed E-state index contributed by atoms with van der Waals surface area (Å²) in [5.41, 5.74) is 0.359. The Bertz CT molecular complexity index is 384. The first kappa shape index (κ1) is 26.9. The van der Waals surface area contributed by atoms with Crippen LogP contribution in [0.2, 0.25) is 0 Å². The molecule has 1 rings (SSSR count). The van der Waals surface area contributed by atoms with Gasteiger partial charge in [-0.05, 0) is 78.8 Å². The molecule has 0 radical (unpaired) electrons. The molecule has 5 nitrogen and oxygen atoms in total. The van der Waals surface area contributed by atoms with Crippen LogP contribution in [0.4, 0.5) is 0 Å². The number of hydrogen-bond acceptors (Lipinski definition) is 3. The molecule has 1 fully saturated rings. The fourth-order valence-electron chi connectivity index (χ4n) is 3.58. The first-order chi connectivity index (χ1) is 12.5. The van der Waals surface area contributed by atoms with Crippen molar-refractivity contribution in [2.75, 3.05) is 46.4 Å². The highest BCUT2D eigenvalue weighted by Crippen LogP contribution is 2.41. The van der Waals surface area contributed by atoms with Gasteiger partial charge in [0, 0.05) is 38.9 Å². The number of rotatable bonds is 13. The highest BCUT2D eigenvalue weighted by molar-refractivity contribution is 14.0. The SMILES string of the molecule is CCNC(=NCC1(CCOCC)CCCC1)NCCCCN(C)C(C)C.I. The maximum atomic E-state index is 5.62.